The van der Waals surface area contributed by atoms with E-state index in [0.717, 1.165) is 41.8 Å². The van der Waals surface area contributed by atoms with Gasteiger partial charge in [0.2, 0.25) is 5.95 Å². The van der Waals surface area contributed by atoms with Crippen LogP contribution in [0.2, 0.25) is 0 Å². The Labute approximate surface area is 254 Å². The second-order valence-corrected chi connectivity index (χ2v) is 12.9. The molecule has 10 nitrogen and oxygen atoms in total. The molecule has 11 heteroatoms. The third-order valence-corrected chi connectivity index (χ3v) is 9.10. The number of aromatic nitrogens is 4. The first-order valence-corrected chi connectivity index (χ1v) is 15.6. The fraction of sp³-hybridized carbons (Fsp3) is 0.406. The third kappa shape index (κ3) is 6.26. The topological polar surface area (TPSA) is 129 Å². The number of carbonyl (C=O) groups is 2. The van der Waals surface area contributed by atoms with Crippen LogP contribution in [0.1, 0.15) is 67.3 Å². The van der Waals surface area contributed by atoms with Crippen molar-refractivity contribution in [1.82, 2.24) is 24.2 Å². The van der Waals surface area contributed by atoms with E-state index in [4.69, 9.17) is 4.98 Å². The Hall–Kier alpha value is -4.27. The lowest BCUT2D eigenvalue weighted by Crippen LogP contribution is -2.39. The number of allylic oxidation sites excluding steroid dienone is 1. The maximum Gasteiger partial charge on any atom is 0.268 e. The molecule has 3 aromatic heterocycles. The predicted octanol–water partition coefficient (Wildman–Crippen LogP) is 5.47. The van der Waals surface area contributed by atoms with Crippen molar-refractivity contribution in [3.05, 3.63) is 70.9 Å². The molecule has 1 saturated heterocycles. The normalized spacial score (nSPS) is 17.9. The van der Waals surface area contributed by atoms with Gasteiger partial charge in [-0.1, -0.05) is 26.0 Å². The van der Waals surface area contributed by atoms with Crippen LogP contribution in [0.5, 0.6) is 0 Å². The van der Waals surface area contributed by atoms with Gasteiger partial charge in [-0.05, 0) is 79.8 Å². The molecule has 4 aromatic rings. The number of imidazole rings is 1. The monoisotopic (exact) mass is 597 g/mol. The highest BCUT2D eigenvalue weighted by molar-refractivity contribution is 7.16. The van der Waals surface area contributed by atoms with Crippen LogP contribution in [0.25, 0.3) is 16.0 Å². The number of nitrogens with zero attached hydrogens (tertiary/aromatic N) is 6. The van der Waals surface area contributed by atoms with E-state index in [-0.39, 0.29) is 23.4 Å². The fourth-order valence-electron chi connectivity index (χ4n) is 5.67. The molecule has 2 atom stereocenters. The Morgan fingerprint density at radius 1 is 1.23 bits per heavy atom. The van der Waals surface area contributed by atoms with Crippen LogP contribution >= 0.6 is 11.3 Å². The van der Waals surface area contributed by atoms with Gasteiger partial charge in [-0.3, -0.25) is 14.9 Å². The SMILES string of the molecule is CC(C)CC(O)c1ccc2c(c1)nc(NC(=O)c1ccc(-n3cccn3)s1)n2C[C@H]1CCCN1C(=O)C(C#N)=CC1CC1. The van der Waals surface area contributed by atoms with Gasteiger partial charge in [0, 0.05) is 25.5 Å². The number of hydrogen-bond acceptors (Lipinski definition) is 7. The number of nitrogens with one attached hydrogen (secondary N) is 1. The molecule has 2 amide bonds. The molecule has 6 rings (SSSR count). The van der Waals surface area contributed by atoms with Crippen molar-refractivity contribution in [2.45, 2.75) is 64.6 Å². The van der Waals surface area contributed by atoms with Crippen molar-refractivity contribution in [2.24, 2.45) is 11.8 Å². The molecule has 1 aromatic carbocycles. The smallest absolute Gasteiger partial charge is 0.268 e. The average molecular weight is 598 g/mol. The van der Waals surface area contributed by atoms with E-state index in [1.54, 1.807) is 21.8 Å². The molecular weight excluding hydrogens is 562 g/mol. The Morgan fingerprint density at radius 3 is 2.79 bits per heavy atom. The van der Waals surface area contributed by atoms with Gasteiger partial charge < -0.3 is 14.6 Å². The van der Waals surface area contributed by atoms with Gasteiger partial charge in [0.15, 0.2) is 0 Å². The Balaban J connectivity index is 1.31. The van der Waals surface area contributed by atoms with Crippen molar-refractivity contribution in [1.29, 1.82) is 5.26 Å². The van der Waals surface area contributed by atoms with Gasteiger partial charge >= 0.3 is 0 Å². The molecule has 1 saturated carbocycles. The highest BCUT2D eigenvalue weighted by atomic mass is 32.1. The molecule has 1 unspecified atom stereocenters. The number of hydrogen-bond donors (Lipinski definition) is 2. The number of fused-ring (bicyclic) bond motifs is 1. The molecule has 0 radical (unpaired) electrons. The van der Waals surface area contributed by atoms with Gasteiger partial charge in [0.05, 0.1) is 28.1 Å². The Morgan fingerprint density at radius 2 is 2.07 bits per heavy atom. The van der Waals surface area contributed by atoms with E-state index in [1.807, 2.05) is 47.2 Å². The van der Waals surface area contributed by atoms with Crippen molar-refractivity contribution >= 4 is 40.1 Å². The van der Waals surface area contributed by atoms with Crippen LogP contribution < -0.4 is 5.32 Å². The lowest BCUT2D eigenvalue weighted by atomic mass is 9.99. The van der Waals surface area contributed by atoms with Crippen LogP contribution in [0.3, 0.4) is 0 Å². The molecule has 2 fully saturated rings. The molecule has 0 bridgehead atoms. The Kier molecular flexibility index (Phi) is 8.15. The second kappa shape index (κ2) is 12.1. The zero-order chi connectivity index (χ0) is 30.1. The molecule has 2 aliphatic rings. The number of nitriles is 1. The Bertz CT molecular complexity index is 1710. The quantitative estimate of drug-likeness (QED) is 0.184. The van der Waals surface area contributed by atoms with Crippen LogP contribution in [0.4, 0.5) is 5.95 Å². The van der Waals surface area contributed by atoms with Gasteiger partial charge in [-0.2, -0.15) is 10.4 Å². The van der Waals surface area contributed by atoms with E-state index in [0.29, 0.717) is 47.7 Å². The van der Waals surface area contributed by atoms with E-state index in [2.05, 4.69) is 30.3 Å². The minimum absolute atomic E-state index is 0.157. The minimum atomic E-state index is -0.620. The lowest BCUT2D eigenvalue weighted by Gasteiger charge is -2.26. The van der Waals surface area contributed by atoms with Gasteiger partial charge in [0.25, 0.3) is 11.8 Å². The maximum atomic E-state index is 13.4. The van der Waals surface area contributed by atoms with Crippen molar-refractivity contribution in [3.8, 4) is 11.1 Å². The molecule has 1 aliphatic carbocycles. The van der Waals surface area contributed by atoms with E-state index >= 15 is 0 Å². The summed E-state index contributed by atoms with van der Waals surface area (Å²) in [6.45, 7) is 5.13. The molecule has 0 spiro atoms. The number of rotatable bonds is 10. The van der Waals surface area contributed by atoms with Gasteiger partial charge in [-0.25, -0.2) is 9.67 Å². The number of benzene rings is 1. The number of thiophene rings is 1. The van der Waals surface area contributed by atoms with Gasteiger partial charge in [-0.15, -0.1) is 11.3 Å². The van der Waals surface area contributed by atoms with Crippen LogP contribution in [-0.4, -0.2) is 53.7 Å². The van der Waals surface area contributed by atoms with Crippen molar-refractivity contribution < 1.29 is 14.7 Å². The number of carbonyl (C=O) groups excluding carboxylic acids is 2. The van der Waals surface area contributed by atoms with Crippen LogP contribution in [0.15, 0.2) is 60.4 Å². The first-order chi connectivity index (χ1) is 20.8. The first kappa shape index (κ1) is 28.8. The standard InChI is InChI=1S/C32H35N7O3S/c1-20(2)15-27(40)22-8-9-26-25(17-22)35-32(36-30(41)28-10-11-29(43-28)39-14-4-12-34-39)38(26)19-24-5-3-13-37(24)31(42)23(18-33)16-21-6-7-21/h4,8-12,14,16-17,20-21,24,27,40H,3,5-7,13,15,19H2,1-2H3,(H,35,36,41)/t24-,27?/m1/s1. The maximum absolute atomic E-state index is 13.4. The minimum Gasteiger partial charge on any atom is -0.388 e. The molecule has 4 heterocycles. The lowest BCUT2D eigenvalue weighted by molar-refractivity contribution is -0.127. The first-order valence-electron chi connectivity index (χ1n) is 14.8. The zero-order valence-corrected chi connectivity index (χ0v) is 25.1. The van der Waals surface area contributed by atoms with Crippen LogP contribution in [0, 0.1) is 23.2 Å². The van der Waals surface area contributed by atoms with Crippen LogP contribution in [-0.2, 0) is 11.3 Å². The summed E-state index contributed by atoms with van der Waals surface area (Å²) in [5.74, 6) is 0.506. The summed E-state index contributed by atoms with van der Waals surface area (Å²) in [4.78, 5) is 34.0. The molecular formula is C32H35N7O3S. The number of likely N-dealkylation sites (tertiary alicyclic amines) is 1. The van der Waals surface area contributed by atoms with E-state index in [1.165, 1.54) is 11.3 Å². The number of amides is 2. The van der Waals surface area contributed by atoms with Gasteiger partial charge in [0.1, 0.15) is 16.6 Å². The summed E-state index contributed by atoms with van der Waals surface area (Å²) in [5.41, 5.74) is 2.44. The largest absolute Gasteiger partial charge is 0.388 e. The number of aliphatic hydroxyl groups is 1. The summed E-state index contributed by atoms with van der Waals surface area (Å²) in [7, 11) is 0. The highest BCUT2D eigenvalue weighted by Crippen LogP contribution is 2.33. The molecule has 2 N–H and O–H groups in total. The summed E-state index contributed by atoms with van der Waals surface area (Å²) in [6, 6.07) is 13.1. The number of aliphatic hydroxyl groups excluding tert-OH is 1. The summed E-state index contributed by atoms with van der Waals surface area (Å²) < 4.78 is 3.65. The summed E-state index contributed by atoms with van der Waals surface area (Å²) in [6.07, 6.45) is 9.00. The summed E-state index contributed by atoms with van der Waals surface area (Å²) in [5, 5.41) is 28.6. The van der Waals surface area contributed by atoms with Crippen molar-refractivity contribution in [3.63, 3.8) is 0 Å². The molecule has 1 aliphatic heterocycles. The fourth-order valence-corrected chi connectivity index (χ4v) is 6.51. The summed E-state index contributed by atoms with van der Waals surface area (Å²) >= 11 is 1.32. The number of anilines is 1. The van der Waals surface area contributed by atoms with E-state index < -0.39 is 6.10 Å². The second-order valence-electron chi connectivity index (χ2n) is 11.8. The molecule has 222 valence electrons. The van der Waals surface area contributed by atoms with Crippen molar-refractivity contribution in [2.75, 3.05) is 11.9 Å². The molecule has 43 heavy (non-hydrogen) atoms. The average Bonchev–Trinajstić information content (AvgIpc) is 3.44. The highest BCUT2D eigenvalue weighted by Gasteiger charge is 2.33. The third-order valence-electron chi connectivity index (χ3n) is 8.03. The van der Waals surface area contributed by atoms with E-state index in [9.17, 15) is 20.0 Å². The zero-order valence-electron chi connectivity index (χ0n) is 24.3. The predicted molar refractivity (Wildman–Crippen MR) is 165 cm³/mol.